The van der Waals surface area contributed by atoms with Crippen molar-refractivity contribution < 1.29 is 8.81 Å². The summed E-state index contributed by atoms with van der Waals surface area (Å²) < 4.78 is 20.5. The van der Waals surface area contributed by atoms with Crippen LogP contribution in [0.4, 0.5) is 4.39 Å². The molecule has 3 aliphatic heterocycles. The van der Waals surface area contributed by atoms with Crippen LogP contribution in [0.1, 0.15) is 36.1 Å². The number of benzene rings is 1. The van der Waals surface area contributed by atoms with Gasteiger partial charge in [0.2, 0.25) is 17.9 Å². The number of hydrazine groups is 1. The van der Waals surface area contributed by atoms with Gasteiger partial charge in [-0.15, -0.1) is 0 Å². The fraction of sp³-hybridized carbons (Fsp3) is 0.381. The highest BCUT2D eigenvalue weighted by atomic mass is 35.5. The summed E-state index contributed by atoms with van der Waals surface area (Å²) in [5, 5.41) is 1.69. The maximum atomic E-state index is 14.8. The molecule has 0 radical (unpaired) electrons. The van der Waals surface area contributed by atoms with Crippen molar-refractivity contribution in [1.29, 1.82) is 0 Å². The first kappa shape index (κ1) is 20.9. The molecule has 1 aromatic heterocycles. The number of nitrogens with one attached hydrogen (secondary N) is 1. The van der Waals surface area contributed by atoms with Crippen LogP contribution in [-0.2, 0) is 12.2 Å². The molecule has 11 heteroatoms. The Bertz CT molecular complexity index is 1130. The topological polar surface area (TPSA) is 121 Å². The van der Waals surface area contributed by atoms with Crippen molar-refractivity contribution in [3.8, 4) is 0 Å². The number of halogens is 2. The Balaban J connectivity index is 1.44. The highest BCUT2D eigenvalue weighted by Gasteiger charge is 2.48. The molecule has 5 N–H and O–H groups in total. The van der Waals surface area contributed by atoms with Crippen molar-refractivity contribution in [3.63, 3.8) is 0 Å². The number of rotatable bonds is 5. The van der Waals surface area contributed by atoms with Crippen molar-refractivity contribution in [3.05, 3.63) is 58.3 Å². The lowest BCUT2D eigenvalue weighted by Gasteiger charge is -2.33. The molecule has 2 atom stereocenters. The molecule has 1 fully saturated rings. The van der Waals surface area contributed by atoms with Crippen LogP contribution in [0.2, 0.25) is 5.02 Å². The standard InChI is InChI=1S/C21H24ClFN8O/c1-12-6-7-13(17(23)16(12)22)11-30-8-2-4-14(30)10-21(15-5-3-9-32-15)28-20-27-18(24)26-19(25)31(20)29-21/h3,5-7,9,14,29H,2,4,8,10-11H2,1H3,(H4,24,25,26,27,28). The molecule has 168 valence electrons. The van der Waals surface area contributed by atoms with E-state index in [1.165, 1.54) is 5.01 Å². The molecule has 0 bridgehead atoms. The third kappa shape index (κ3) is 3.54. The van der Waals surface area contributed by atoms with Crippen LogP contribution in [0.5, 0.6) is 0 Å². The number of furan rings is 1. The number of aliphatic imine (C=N–C) groups is 3. The highest BCUT2D eigenvalue weighted by molar-refractivity contribution is 6.31. The third-order valence-corrected chi connectivity index (χ3v) is 6.61. The Morgan fingerprint density at radius 1 is 1.31 bits per heavy atom. The molecule has 0 amide bonds. The summed E-state index contributed by atoms with van der Waals surface area (Å²) in [7, 11) is 0. The normalized spacial score (nSPS) is 25.5. The van der Waals surface area contributed by atoms with Gasteiger partial charge < -0.3 is 15.9 Å². The summed E-state index contributed by atoms with van der Waals surface area (Å²) in [6.45, 7) is 3.10. The predicted octanol–water partition coefficient (Wildman–Crippen LogP) is 2.41. The Morgan fingerprint density at radius 2 is 2.16 bits per heavy atom. The average Bonchev–Trinajstić information content (AvgIpc) is 3.49. The van der Waals surface area contributed by atoms with Gasteiger partial charge in [0, 0.05) is 24.6 Å². The number of nitrogens with zero attached hydrogens (tertiary/aromatic N) is 5. The van der Waals surface area contributed by atoms with E-state index < -0.39 is 5.66 Å². The van der Waals surface area contributed by atoms with Crippen molar-refractivity contribution in [1.82, 2.24) is 15.3 Å². The smallest absolute Gasteiger partial charge is 0.248 e. The lowest BCUT2D eigenvalue weighted by molar-refractivity contribution is 0.146. The molecule has 0 aliphatic carbocycles. The summed E-state index contributed by atoms with van der Waals surface area (Å²) in [5.74, 6) is 0.793. The fourth-order valence-electron chi connectivity index (χ4n) is 4.53. The number of nitrogens with two attached hydrogens (primary N) is 2. The maximum absolute atomic E-state index is 14.8. The monoisotopic (exact) mass is 458 g/mol. The van der Waals surface area contributed by atoms with Gasteiger partial charge in [-0.1, -0.05) is 23.7 Å². The Labute approximate surface area is 189 Å². The van der Waals surface area contributed by atoms with Crippen molar-refractivity contribution in [2.75, 3.05) is 6.54 Å². The molecule has 2 unspecified atom stereocenters. The van der Waals surface area contributed by atoms with Gasteiger partial charge in [0.25, 0.3) is 0 Å². The zero-order valence-electron chi connectivity index (χ0n) is 17.6. The number of hydrogen-bond acceptors (Lipinski definition) is 9. The van der Waals surface area contributed by atoms with Crippen LogP contribution in [0.25, 0.3) is 0 Å². The molecule has 32 heavy (non-hydrogen) atoms. The van der Waals surface area contributed by atoms with Crippen LogP contribution in [-0.4, -0.2) is 40.4 Å². The van der Waals surface area contributed by atoms with E-state index in [0.29, 0.717) is 30.2 Å². The molecular formula is C21H24ClFN8O. The van der Waals surface area contributed by atoms with Gasteiger partial charge in [-0.05, 0) is 44.0 Å². The van der Waals surface area contributed by atoms with Gasteiger partial charge in [-0.3, -0.25) is 4.90 Å². The van der Waals surface area contributed by atoms with Crippen LogP contribution in [0.15, 0.2) is 49.9 Å². The van der Waals surface area contributed by atoms with Crippen LogP contribution >= 0.6 is 11.6 Å². The first-order chi connectivity index (χ1) is 15.4. The van der Waals surface area contributed by atoms with Crippen LogP contribution in [0, 0.1) is 12.7 Å². The molecule has 5 rings (SSSR count). The number of likely N-dealkylation sites (tertiary alicyclic amines) is 1. The highest BCUT2D eigenvalue weighted by Crippen LogP contribution is 2.38. The molecule has 3 aliphatic rings. The van der Waals surface area contributed by atoms with Gasteiger partial charge in [0.15, 0.2) is 5.66 Å². The third-order valence-electron chi connectivity index (χ3n) is 6.15. The SMILES string of the molecule is Cc1ccc(CN2CCCC2CC2(c3ccco3)N=C3N=C(N)N=C(N)N3N2)c(F)c1Cl. The van der Waals surface area contributed by atoms with E-state index >= 15 is 0 Å². The van der Waals surface area contributed by atoms with Gasteiger partial charge in [-0.2, -0.15) is 15.4 Å². The van der Waals surface area contributed by atoms with Crippen LogP contribution in [0.3, 0.4) is 0 Å². The van der Waals surface area contributed by atoms with Crippen molar-refractivity contribution in [2.24, 2.45) is 26.4 Å². The zero-order valence-corrected chi connectivity index (χ0v) is 18.3. The minimum Gasteiger partial charge on any atom is -0.465 e. The van der Waals surface area contributed by atoms with E-state index in [9.17, 15) is 4.39 Å². The molecule has 4 heterocycles. The second kappa shape index (κ2) is 7.88. The van der Waals surface area contributed by atoms with E-state index in [2.05, 4.69) is 20.3 Å². The molecule has 1 aromatic carbocycles. The first-order valence-corrected chi connectivity index (χ1v) is 10.8. The lowest BCUT2D eigenvalue weighted by atomic mass is 9.96. The lowest BCUT2D eigenvalue weighted by Crippen LogP contribution is -2.55. The molecule has 1 saturated heterocycles. The number of guanidine groups is 3. The minimum absolute atomic E-state index is 0.0452. The van der Waals surface area contributed by atoms with Gasteiger partial charge >= 0.3 is 0 Å². The molecular weight excluding hydrogens is 435 g/mol. The summed E-state index contributed by atoms with van der Waals surface area (Å²) in [6, 6.07) is 7.42. The van der Waals surface area contributed by atoms with Gasteiger partial charge in [0.1, 0.15) is 11.6 Å². The first-order valence-electron chi connectivity index (χ1n) is 10.4. The molecule has 9 nitrogen and oxygen atoms in total. The van der Waals surface area contributed by atoms with Gasteiger partial charge in [-0.25, -0.2) is 14.4 Å². The quantitative estimate of drug-likeness (QED) is 0.632. The Morgan fingerprint density at radius 3 is 2.94 bits per heavy atom. The zero-order chi connectivity index (χ0) is 22.5. The summed E-state index contributed by atoms with van der Waals surface area (Å²) >= 11 is 6.14. The van der Waals surface area contributed by atoms with E-state index in [1.807, 2.05) is 12.1 Å². The fourth-order valence-corrected chi connectivity index (χ4v) is 4.71. The molecule has 2 aromatic rings. The molecule has 0 saturated carbocycles. The summed E-state index contributed by atoms with van der Waals surface area (Å²) in [4.78, 5) is 15.3. The Kier molecular flexibility index (Phi) is 5.15. The Hall–Kier alpha value is -2.95. The van der Waals surface area contributed by atoms with Crippen molar-refractivity contribution in [2.45, 2.75) is 44.4 Å². The molecule has 0 spiro atoms. The van der Waals surface area contributed by atoms with E-state index in [-0.39, 0.29) is 28.8 Å². The number of hydrogen-bond donors (Lipinski definition) is 3. The summed E-state index contributed by atoms with van der Waals surface area (Å²) in [5.41, 5.74) is 15.5. The largest absolute Gasteiger partial charge is 0.465 e. The van der Waals surface area contributed by atoms with E-state index in [4.69, 9.17) is 32.5 Å². The maximum Gasteiger partial charge on any atom is 0.248 e. The van der Waals surface area contributed by atoms with Crippen LogP contribution < -0.4 is 16.9 Å². The van der Waals surface area contributed by atoms with Crippen molar-refractivity contribution >= 4 is 29.5 Å². The number of fused-ring (bicyclic) bond motifs is 1. The minimum atomic E-state index is -0.941. The van der Waals surface area contributed by atoms with E-state index in [1.54, 1.807) is 25.3 Å². The second-order valence-corrected chi connectivity index (χ2v) is 8.65. The van der Waals surface area contributed by atoms with Gasteiger partial charge in [0.05, 0.1) is 11.3 Å². The second-order valence-electron chi connectivity index (χ2n) is 8.28. The predicted molar refractivity (Wildman–Crippen MR) is 120 cm³/mol. The summed E-state index contributed by atoms with van der Waals surface area (Å²) in [6.07, 6.45) is 4.09. The number of aryl methyl sites for hydroxylation is 1. The van der Waals surface area contributed by atoms with E-state index in [0.717, 1.165) is 24.9 Å². The average molecular weight is 459 g/mol.